The smallest absolute Gasteiger partial charge is 0.341 e. The standard InChI is InChI=1S/C16H12N2O3/c1-10-6-7-12(9-17-10)21-15-13(16(19)20)8-11-4-2-3-5-14(11)18-15/h2-9H,1H3,(H,19,20). The molecule has 0 aliphatic rings. The van der Waals surface area contributed by atoms with Crippen LogP contribution in [0.25, 0.3) is 10.9 Å². The molecule has 104 valence electrons. The number of ether oxygens (including phenoxy) is 1. The van der Waals surface area contributed by atoms with E-state index in [0.29, 0.717) is 11.3 Å². The van der Waals surface area contributed by atoms with Crippen molar-refractivity contribution in [3.05, 3.63) is 59.9 Å². The Bertz CT molecular complexity index is 813. The third kappa shape index (κ3) is 2.67. The van der Waals surface area contributed by atoms with E-state index in [9.17, 15) is 9.90 Å². The molecule has 0 bridgehead atoms. The van der Waals surface area contributed by atoms with E-state index in [-0.39, 0.29) is 11.4 Å². The molecule has 5 heteroatoms. The molecule has 2 aromatic heterocycles. The molecule has 0 saturated carbocycles. The average Bonchev–Trinajstić information content (AvgIpc) is 2.48. The quantitative estimate of drug-likeness (QED) is 0.795. The van der Waals surface area contributed by atoms with Gasteiger partial charge in [-0.05, 0) is 31.2 Å². The van der Waals surface area contributed by atoms with Crippen LogP contribution in [-0.4, -0.2) is 21.0 Å². The molecule has 3 aromatic rings. The molecule has 1 aromatic carbocycles. The number of aryl methyl sites for hydroxylation is 1. The monoisotopic (exact) mass is 280 g/mol. The van der Waals surface area contributed by atoms with Gasteiger partial charge in [0.15, 0.2) is 0 Å². The molecule has 3 rings (SSSR count). The van der Waals surface area contributed by atoms with Crippen molar-refractivity contribution >= 4 is 16.9 Å². The van der Waals surface area contributed by atoms with Crippen molar-refractivity contribution in [2.45, 2.75) is 6.92 Å². The Kier molecular flexibility index (Phi) is 3.23. The van der Waals surface area contributed by atoms with Crippen LogP contribution < -0.4 is 4.74 Å². The SMILES string of the molecule is Cc1ccc(Oc2nc3ccccc3cc2C(=O)O)cn1. The second-order valence-corrected chi connectivity index (χ2v) is 4.58. The predicted octanol–water partition coefficient (Wildman–Crippen LogP) is 3.43. The third-order valence-electron chi connectivity index (χ3n) is 3.02. The lowest BCUT2D eigenvalue weighted by Gasteiger charge is -2.09. The van der Waals surface area contributed by atoms with Gasteiger partial charge in [0, 0.05) is 11.1 Å². The van der Waals surface area contributed by atoms with Crippen LogP contribution in [-0.2, 0) is 0 Å². The number of pyridine rings is 2. The molecule has 0 atom stereocenters. The molecule has 0 aliphatic carbocycles. The summed E-state index contributed by atoms with van der Waals surface area (Å²) < 4.78 is 5.58. The van der Waals surface area contributed by atoms with Crippen LogP contribution in [0.3, 0.4) is 0 Å². The predicted molar refractivity (Wildman–Crippen MR) is 77.8 cm³/mol. The Morgan fingerprint density at radius 1 is 1.19 bits per heavy atom. The number of carboxylic acids is 1. The number of aromatic carboxylic acids is 1. The number of carboxylic acid groups (broad SMARTS) is 1. The van der Waals surface area contributed by atoms with E-state index in [1.165, 1.54) is 6.20 Å². The van der Waals surface area contributed by atoms with Gasteiger partial charge in [0.1, 0.15) is 11.3 Å². The second kappa shape index (κ2) is 5.20. The number of fused-ring (bicyclic) bond motifs is 1. The number of carbonyl (C=O) groups is 1. The molecular formula is C16H12N2O3. The van der Waals surface area contributed by atoms with Crippen LogP contribution in [0, 0.1) is 6.92 Å². The van der Waals surface area contributed by atoms with E-state index < -0.39 is 5.97 Å². The van der Waals surface area contributed by atoms with Crippen LogP contribution in [0.2, 0.25) is 0 Å². The molecule has 0 amide bonds. The van der Waals surface area contributed by atoms with E-state index in [1.807, 2.05) is 25.1 Å². The molecule has 1 N–H and O–H groups in total. The van der Waals surface area contributed by atoms with Gasteiger partial charge in [-0.25, -0.2) is 9.78 Å². The highest BCUT2D eigenvalue weighted by Gasteiger charge is 2.15. The summed E-state index contributed by atoms with van der Waals surface area (Å²) in [6, 6.07) is 12.4. The normalized spacial score (nSPS) is 10.5. The maximum absolute atomic E-state index is 11.4. The minimum absolute atomic E-state index is 0.0225. The van der Waals surface area contributed by atoms with E-state index in [0.717, 1.165) is 11.1 Å². The maximum Gasteiger partial charge on any atom is 0.341 e. The molecule has 0 radical (unpaired) electrons. The van der Waals surface area contributed by atoms with Gasteiger partial charge < -0.3 is 9.84 Å². The van der Waals surface area contributed by atoms with Gasteiger partial charge in [0.2, 0.25) is 5.88 Å². The molecule has 2 heterocycles. The fraction of sp³-hybridized carbons (Fsp3) is 0.0625. The van der Waals surface area contributed by atoms with Crippen molar-refractivity contribution in [3.63, 3.8) is 0 Å². The summed E-state index contributed by atoms with van der Waals surface area (Å²) in [6.45, 7) is 1.86. The van der Waals surface area contributed by atoms with Crippen molar-refractivity contribution in [1.82, 2.24) is 9.97 Å². The van der Waals surface area contributed by atoms with Gasteiger partial charge >= 0.3 is 5.97 Å². The molecule has 21 heavy (non-hydrogen) atoms. The highest BCUT2D eigenvalue weighted by molar-refractivity contribution is 5.95. The lowest BCUT2D eigenvalue weighted by atomic mass is 10.1. The summed E-state index contributed by atoms with van der Waals surface area (Å²) in [5, 5.41) is 10.1. The van der Waals surface area contributed by atoms with E-state index in [2.05, 4.69) is 9.97 Å². The van der Waals surface area contributed by atoms with Gasteiger partial charge in [0.05, 0.1) is 11.7 Å². The number of benzene rings is 1. The highest BCUT2D eigenvalue weighted by Crippen LogP contribution is 2.26. The van der Waals surface area contributed by atoms with E-state index in [1.54, 1.807) is 24.3 Å². The van der Waals surface area contributed by atoms with Gasteiger partial charge in [-0.3, -0.25) is 4.98 Å². The van der Waals surface area contributed by atoms with E-state index in [4.69, 9.17) is 4.74 Å². The molecular weight excluding hydrogens is 268 g/mol. The first-order valence-corrected chi connectivity index (χ1v) is 6.37. The number of hydrogen-bond donors (Lipinski definition) is 1. The zero-order valence-corrected chi connectivity index (χ0v) is 11.3. The Labute approximate surface area is 120 Å². The maximum atomic E-state index is 11.4. The molecule has 0 unspecified atom stereocenters. The molecule has 0 saturated heterocycles. The first-order valence-electron chi connectivity index (χ1n) is 6.37. The Morgan fingerprint density at radius 2 is 2.00 bits per heavy atom. The summed E-state index contributed by atoms with van der Waals surface area (Å²) in [5.41, 5.74) is 1.55. The zero-order chi connectivity index (χ0) is 14.8. The van der Waals surface area contributed by atoms with E-state index >= 15 is 0 Å². The number of nitrogens with zero attached hydrogens (tertiary/aromatic N) is 2. The first-order chi connectivity index (χ1) is 10.1. The number of hydrogen-bond acceptors (Lipinski definition) is 4. The Hall–Kier alpha value is -2.95. The summed E-state index contributed by atoms with van der Waals surface area (Å²) >= 11 is 0. The lowest BCUT2D eigenvalue weighted by Crippen LogP contribution is -2.02. The summed E-state index contributed by atoms with van der Waals surface area (Å²) in [6.07, 6.45) is 1.54. The van der Waals surface area contributed by atoms with Crippen molar-refractivity contribution in [1.29, 1.82) is 0 Å². The highest BCUT2D eigenvalue weighted by atomic mass is 16.5. The number of rotatable bonds is 3. The Balaban J connectivity index is 2.09. The van der Waals surface area contributed by atoms with Gasteiger partial charge in [-0.2, -0.15) is 0 Å². The Morgan fingerprint density at radius 3 is 2.71 bits per heavy atom. The largest absolute Gasteiger partial charge is 0.477 e. The van der Waals surface area contributed by atoms with Crippen molar-refractivity contribution in [2.24, 2.45) is 0 Å². The molecule has 5 nitrogen and oxygen atoms in total. The fourth-order valence-corrected chi connectivity index (χ4v) is 1.96. The van der Waals surface area contributed by atoms with Gasteiger partial charge in [-0.15, -0.1) is 0 Å². The van der Waals surface area contributed by atoms with Crippen molar-refractivity contribution in [2.75, 3.05) is 0 Å². The van der Waals surface area contributed by atoms with Crippen LogP contribution in [0.15, 0.2) is 48.7 Å². The molecule has 0 aliphatic heterocycles. The van der Waals surface area contributed by atoms with Crippen LogP contribution in [0.5, 0.6) is 11.6 Å². The average molecular weight is 280 g/mol. The van der Waals surface area contributed by atoms with Crippen molar-refractivity contribution in [3.8, 4) is 11.6 Å². The second-order valence-electron chi connectivity index (χ2n) is 4.58. The molecule has 0 spiro atoms. The topological polar surface area (TPSA) is 72.3 Å². The third-order valence-corrected chi connectivity index (χ3v) is 3.02. The summed E-state index contributed by atoms with van der Waals surface area (Å²) in [4.78, 5) is 19.8. The fourth-order valence-electron chi connectivity index (χ4n) is 1.96. The summed E-state index contributed by atoms with van der Waals surface area (Å²) in [7, 11) is 0. The van der Waals surface area contributed by atoms with Crippen LogP contribution in [0.4, 0.5) is 0 Å². The van der Waals surface area contributed by atoms with Crippen LogP contribution in [0.1, 0.15) is 16.1 Å². The summed E-state index contributed by atoms with van der Waals surface area (Å²) in [5.74, 6) is -0.568. The lowest BCUT2D eigenvalue weighted by molar-refractivity contribution is 0.0693. The zero-order valence-electron chi connectivity index (χ0n) is 11.3. The number of aromatic nitrogens is 2. The van der Waals surface area contributed by atoms with Crippen molar-refractivity contribution < 1.29 is 14.6 Å². The van der Waals surface area contributed by atoms with Gasteiger partial charge in [-0.1, -0.05) is 18.2 Å². The van der Waals surface area contributed by atoms with Crippen LogP contribution >= 0.6 is 0 Å². The minimum atomic E-state index is -1.08. The first kappa shape index (κ1) is 13.1. The minimum Gasteiger partial charge on any atom is -0.477 e. The van der Waals surface area contributed by atoms with Gasteiger partial charge in [0.25, 0.3) is 0 Å². The molecule has 0 fully saturated rings. The number of para-hydroxylation sites is 1.